The van der Waals surface area contributed by atoms with Gasteiger partial charge < -0.3 is 20.7 Å². The van der Waals surface area contributed by atoms with Crippen LogP contribution in [0.5, 0.6) is 0 Å². The molecule has 3 fully saturated rings. The molecule has 33 heavy (non-hydrogen) atoms. The molecule has 2 unspecified atom stereocenters. The van der Waals surface area contributed by atoms with Crippen LogP contribution in [-0.2, 0) is 22.4 Å². The number of hydrogen-bond donors (Lipinski definition) is 3. The highest BCUT2D eigenvalue weighted by molar-refractivity contribution is 7.17. The van der Waals surface area contributed by atoms with Crippen molar-refractivity contribution in [2.24, 2.45) is 11.8 Å². The highest BCUT2D eigenvalue weighted by Gasteiger charge is 2.35. The molecule has 2 atom stereocenters. The number of hydrogen-bond acceptors (Lipinski definition) is 7. The lowest BCUT2D eigenvalue weighted by Crippen LogP contribution is -2.29. The fourth-order valence-electron chi connectivity index (χ4n) is 4.78. The van der Waals surface area contributed by atoms with Gasteiger partial charge in [-0.15, -0.1) is 21.5 Å². The summed E-state index contributed by atoms with van der Waals surface area (Å²) in [5.74, 6) is 1.45. The summed E-state index contributed by atoms with van der Waals surface area (Å²) in [6.07, 6.45) is 9.54. The van der Waals surface area contributed by atoms with E-state index in [9.17, 15) is 9.59 Å². The molecule has 9 nitrogen and oxygen atoms in total. The van der Waals surface area contributed by atoms with E-state index in [4.69, 9.17) is 4.74 Å². The minimum atomic E-state index is -0.0589. The second-order valence-electron chi connectivity index (χ2n) is 9.79. The predicted molar refractivity (Wildman–Crippen MR) is 125 cm³/mol. The molecule has 4 aliphatic rings. The molecule has 3 heterocycles. The van der Waals surface area contributed by atoms with Crippen LogP contribution in [0.15, 0.2) is 6.33 Å². The van der Waals surface area contributed by atoms with Crippen molar-refractivity contribution in [1.82, 2.24) is 20.1 Å². The van der Waals surface area contributed by atoms with Gasteiger partial charge in [0.2, 0.25) is 11.9 Å². The SMILES string of the molecule is O=C(NCC1CC1)c1c(NC(=O)C2CC2)sc2c1CC(n1cnnc1NC1CCOC1)CC2. The van der Waals surface area contributed by atoms with Crippen LogP contribution in [0.1, 0.15) is 65.4 Å². The van der Waals surface area contributed by atoms with E-state index in [1.807, 2.05) is 0 Å². The third-order valence-electron chi connectivity index (χ3n) is 7.12. The number of rotatable bonds is 8. The van der Waals surface area contributed by atoms with Gasteiger partial charge in [0, 0.05) is 30.0 Å². The Morgan fingerprint density at radius 1 is 1.18 bits per heavy atom. The van der Waals surface area contributed by atoms with Crippen LogP contribution >= 0.6 is 11.3 Å². The summed E-state index contributed by atoms with van der Waals surface area (Å²) in [7, 11) is 0. The molecule has 2 aromatic rings. The Hall–Kier alpha value is -2.46. The van der Waals surface area contributed by atoms with E-state index in [2.05, 4.69) is 30.7 Å². The van der Waals surface area contributed by atoms with Crippen molar-refractivity contribution in [3.05, 3.63) is 22.3 Å². The first-order valence-electron chi connectivity index (χ1n) is 12.1. The van der Waals surface area contributed by atoms with Crippen LogP contribution in [-0.4, -0.2) is 52.4 Å². The quantitative estimate of drug-likeness (QED) is 0.547. The minimum absolute atomic E-state index is 0.0467. The molecule has 6 rings (SSSR count). The summed E-state index contributed by atoms with van der Waals surface area (Å²) < 4.78 is 7.59. The Morgan fingerprint density at radius 2 is 2.06 bits per heavy atom. The molecule has 0 bridgehead atoms. The lowest BCUT2D eigenvalue weighted by molar-refractivity contribution is -0.117. The topological polar surface area (TPSA) is 110 Å². The van der Waals surface area contributed by atoms with Crippen molar-refractivity contribution in [3.63, 3.8) is 0 Å². The van der Waals surface area contributed by atoms with Crippen LogP contribution in [0.25, 0.3) is 0 Å². The molecular formula is C23H30N6O3S. The summed E-state index contributed by atoms with van der Waals surface area (Å²) in [4.78, 5) is 27.0. The second-order valence-corrected chi connectivity index (χ2v) is 10.9. The number of fused-ring (bicyclic) bond motifs is 1. The van der Waals surface area contributed by atoms with Gasteiger partial charge in [-0.05, 0) is 62.8 Å². The first kappa shape index (κ1) is 21.1. The average Bonchev–Trinajstić information content (AvgIpc) is 3.70. The number of ether oxygens (including phenoxy) is 1. The van der Waals surface area contributed by atoms with E-state index in [1.54, 1.807) is 17.7 Å². The Kier molecular flexibility index (Phi) is 5.57. The molecule has 0 aromatic carbocycles. The highest BCUT2D eigenvalue weighted by Crippen LogP contribution is 2.42. The fraction of sp³-hybridized carbons (Fsp3) is 0.652. The number of nitrogens with zero attached hydrogens (tertiary/aromatic N) is 3. The van der Waals surface area contributed by atoms with E-state index in [0.29, 0.717) is 24.6 Å². The van der Waals surface area contributed by atoms with Gasteiger partial charge in [0.15, 0.2) is 0 Å². The van der Waals surface area contributed by atoms with E-state index in [-0.39, 0.29) is 29.8 Å². The van der Waals surface area contributed by atoms with Crippen LogP contribution in [0.4, 0.5) is 10.9 Å². The number of carbonyl (C=O) groups is 2. The third kappa shape index (κ3) is 4.50. The van der Waals surface area contributed by atoms with Crippen molar-refractivity contribution in [1.29, 1.82) is 0 Å². The van der Waals surface area contributed by atoms with Crippen molar-refractivity contribution in [3.8, 4) is 0 Å². The first-order chi connectivity index (χ1) is 16.2. The maximum Gasteiger partial charge on any atom is 0.254 e. The molecule has 1 saturated heterocycles. The number of thiophene rings is 1. The summed E-state index contributed by atoms with van der Waals surface area (Å²) in [6, 6.07) is 0.412. The van der Waals surface area contributed by atoms with Gasteiger partial charge in [0.1, 0.15) is 11.3 Å². The summed E-state index contributed by atoms with van der Waals surface area (Å²) >= 11 is 1.58. The van der Waals surface area contributed by atoms with Gasteiger partial charge in [-0.3, -0.25) is 14.2 Å². The predicted octanol–water partition coefficient (Wildman–Crippen LogP) is 2.76. The maximum atomic E-state index is 13.3. The minimum Gasteiger partial charge on any atom is -0.379 e. The fourth-order valence-corrected chi connectivity index (χ4v) is 6.03. The zero-order valence-electron chi connectivity index (χ0n) is 18.6. The smallest absolute Gasteiger partial charge is 0.254 e. The van der Waals surface area contributed by atoms with E-state index in [0.717, 1.165) is 61.6 Å². The third-order valence-corrected chi connectivity index (χ3v) is 8.33. The maximum absolute atomic E-state index is 13.3. The van der Waals surface area contributed by atoms with Crippen LogP contribution < -0.4 is 16.0 Å². The van der Waals surface area contributed by atoms with Crippen LogP contribution in [0.2, 0.25) is 0 Å². The number of aryl methyl sites for hydroxylation is 1. The lowest BCUT2D eigenvalue weighted by atomic mass is 9.91. The number of amides is 2. The second kappa shape index (κ2) is 8.72. The molecule has 2 amide bonds. The van der Waals surface area contributed by atoms with E-state index >= 15 is 0 Å². The summed E-state index contributed by atoms with van der Waals surface area (Å²) in [5, 5.41) is 18.9. The monoisotopic (exact) mass is 470 g/mol. The van der Waals surface area contributed by atoms with Gasteiger partial charge in [0.05, 0.1) is 18.2 Å². The zero-order valence-corrected chi connectivity index (χ0v) is 19.5. The van der Waals surface area contributed by atoms with Crippen molar-refractivity contribution < 1.29 is 14.3 Å². The van der Waals surface area contributed by atoms with Gasteiger partial charge in [0.25, 0.3) is 5.91 Å². The van der Waals surface area contributed by atoms with Gasteiger partial charge in [-0.1, -0.05) is 0 Å². The Labute approximate surface area is 196 Å². The van der Waals surface area contributed by atoms with E-state index in [1.165, 1.54) is 17.7 Å². The Morgan fingerprint density at radius 3 is 2.82 bits per heavy atom. The van der Waals surface area contributed by atoms with Gasteiger partial charge >= 0.3 is 0 Å². The normalized spacial score (nSPS) is 24.4. The molecule has 2 saturated carbocycles. The molecule has 0 radical (unpaired) electrons. The van der Waals surface area contributed by atoms with Crippen molar-refractivity contribution >= 4 is 34.1 Å². The number of nitrogens with one attached hydrogen (secondary N) is 3. The van der Waals surface area contributed by atoms with Crippen molar-refractivity contribution in [2.75, 3.05) is 30.4 Å². The molecule has 176 valence electrons. The van der Waals surface area contributed by atoms with Gasteiger partial charge in [-0.2, -0.15) is 0 Å². The molecule has 2 aromatic heterocycles. The Bertz CT molecular complexity index is 1050. The molecule has 3 N–H and O–H groups in total. The largest absolute Gasteiger partial charge is 0.379 e. The average molecular weight is 471 g/mol. The first-order valence-corrected chi connectivity index (χ1v) is 12.9. The molecule has 0 spiro atoms. The van der Waals surface area contributed by atoms with Crippen LogP contribution in [0, 0.1) is 11.8 Å². The highest BCUT2D eigenvalue weighted by atomic mass is 32.1. The molecule has 1 aliphatic heterocycles. The molecular weight excluding hydrogens is 440 g/mol. The number of carbonyl (C=O) groups excluding carboxylic acids is 2. The zero-order chi connectivity index (χ0) is 22.4. The molecule has 3 aliphatic carbocycles. The number of anilines is 2. The standard InChI is InChI=1S/C23H30N6O3S/c30-20(14-3-4-14)27-22-19(21(31)24-10-13-1-2-13)17-9-16(5-6-18(17)33-22)29-12-25-28-23(29)26-15-7-8-32-11-15/h12-16H,1-11H2,(H,24,31)(H,26,28)(H,27,30). The summed E-state index contributed by atoms with van der Waals surface area (Å²) in [5.41, 5.74) is 1.74. The van der Waals surface area contributed by atoms with Gasteiger partial charge in [-0.25, -0.2) is 0 Å². The summed E-state index contributed by atoms with van der Waals surface area (Å²) in [6.45, 7) is 2.16. The van der Waals surface area contributed by atoms with E-state index < -0.39 is 0 Å². The number of aromatic nitrogens is 3. The molecule has 10 heteroatoms. The van der Waals surface area contributed by atoms with Crippen molar-refractivity contribution in [2.45, 2.75) is 63.5 Å². The Balaban J connectivity index is 1.25. The van der Waals surface area contributed by atoms with Crippen LogP contribution in [0.3, 0.4) is 0 Å². The lowest BCUT2D eigenvalue weighted by Gasteiger charge is -2.26.